The van der Waals surface area contributed by atoms with Crippen LogP contribution >= 0.6 is 21.6 Å². The Morgan fingerprint density at radius 3 is 2.36 bits per heavy atom. The van der Waals surface area contributed by atoms with Gasteiger partial charge in [-0.1, -0.05) is 125 Å². The molecule has 11 heteroatoms. The second-order valence-corrected chi connectivity index (χ2v) is 19.8. The number of nitrogens with one attached hydrogen (secondary N) is 1. The molecule has 2 aliphatic carbocycles. The number of fused-ring (bicyclic) bond motifs is 1. The van der Waals surface area contributed by atoms with Gasteiger partial charge in [-0.2, -0.15) is 0 Å². The number of unbranched alkanes of at least 4 members (excludes halogenated alkanes) is 10. The minimum atomic E-state index is -0.491. The van der Waals surface area contributed by atoms with Gasteiger partial charge in [-0.05, 0) is 81.1 Å². The molecule has 2 fully saturated rings. The molecule has 9 atom stereocenters. The van der Waals surface area contributed by atoms with Crippen LogP contribution in [0.3, 0.4) is 0 Å². The zero-order valence-corrected chi connectivity index (χ0v) is 36.6. The minimum Gasteiger partial charge on any atom is -0.466 e. The van der Waals surface area contributed by atoms with E-state index in [1.165, 1.54) is 56.3 Å². The third kappa shape index (κ3) is 17.0. The minimum absolute atomic E-state index is 0.0345. The molecule has 0 aromatic heterocycles. The number of esters is 3. The first-order valence-electron chi connectivity index (χ1n) is 22.3. The van der Waals surface area contributed by atoms with Gasteiger partial charge in [0, 0.05) is 36.3 Å². The number of carbonyl (C=O) groups is 4. The second kappa shape index (κ2) is 26.1. The number of rotatable bonds is 25. The first-order chi connectivity index (χ1) is 27.1. The lowest BCUT2D eigenvalue weighted by Gasteiger charge is -2.43. The summed E-state index contributed by atoms with van der Waals surface area (Å²) in [5.41, 5.74) is 1.25. The van der Waals surface area contributed by atoms with Crippen LogP contribution in [0.25, 0.3) is 0 Å². The molecule has 2 aliphatic heterocycles. The molecule has 1 N–H and O–H groups in total. The van der Waals surface area contributed by atoms with E-state index >= 15 is 0 Å². The van der Waals surface area contributed by atoms with E-state index in [-0.39, 0.29) is 54.3 Å². The molecule has 0 aromatic carbocycles. The van der Waals surface area contributed by atoms with E-state index in [4.69, 9.17) is 18.9 Å². The number of hydrogen-bond acceptors (Lipinski definition) is 10. The molecule has 2 heterocycles. The predicted molar refractivity (Wildman–Crippen MR) is 227 cm³/mol. The number of alkyl carbamates (subject to hydrolysis) is 1. The Morgan fingerprint density at radius 2 is 1.64 bits per heavy atom. The Bertz CT molecular complexity index is 1270. The highest BCUT2D eigenvalue weighted by Gasteiger charge is 2.42. The first kappa shape index (κ1) is 46.5. The van der Waals surface area contributed by atoms with Gasteiger partial charge in [0.05, 0.1) is 18.9 Å². The summed E-state index contributed by atoms with van der Waals surface area (Å²) in [6.07, 6.45) is 25.5. The van der Waals surface area contributed by atoms with Gasteiger partial charge >= 0.3 is 24.0 Å². The van der Waals surface area contributed by atoms with Gasteiger partial charge in [0.25, 0.3) is 0 Å². The maximum atomic E-state index is 12.8. The topological polar surface area (TPSA) is 117 Å². The monoisotopic (exact) mass is 819 g/mol. The zero-order valence-electron chi connectivity index (χ0n) is 35.0. The summed E-state index contributed by atoms with van der Waals surface area (Å²) in [5, 5.41) is 3.67. The van der Waals surface area contributed by atoms with Crippen LogP contribution in [-0.2, 0) is 33.3 Å². The maximum Gasteiger partial charge on any atom is 0.407 e. The van der Waals surface area contributed by atoms with Crippen molar-refractivity contribution in [2.75, 3.05) is 18.9 Å². The highest BCUT2D eigenvalue weighted by Crippen LogP contribution is 2.45. The van der Waals surface area contributed by atoms with E-state index in [0.29, 0.717) is 44.2 Å². The standard InChI is InChI=1S/C45H73NO8S2/c1-5-33(3)44(49)54-40-29-32(2)28-35-21-20-34(4)39(43(35)40)23-22-36-30-37(31-42(48)52-36)53-45(50)46-25-16-12-10-8-6-7-9-11-13-17-26-51-41(47)19-15-14-18-38-24-27-55-56-38/h20-21,28,32-34,36-40,43H,5-19,22-27,29-31H2,1-4H3,(H,46,50)/t32-,33?,34?,36?,37?,38?,39?,40?,43?/m1/s1. The highest BCUT2D eigenvalue weighted by molar-refractivity contribution is 8.77. The molecule has 0 aromatic rings. The molecule has 56 heavy (non-hydrogen) atoms. The largest absolute Gasteiger partial charge is 0.466 e. The molecule has 9 nitrogen and oxygen atoms in total. The molecule has 0 bridgehead atoms. The van der Waals surface area contributed by atoms with Crippen LogP contribution < -0.4 is 5.32 Å². The smallest absolute Gasteiger partial charge is 0.407 e. The fourth-order valence-electron chi connectivity index (χ4n) is 8.63. The van der Waals surface area contributed by atoms with E-state index in [1.54, 1.807) is 0 Å². The zero-order chi connectivity index (χ0) is 40.1. The van der Waals surface area contributed by atoms with Crippen molar-refractivity contribution in [2.24, 2.45) is 29.6 Å². The van der Waals surface area contributed by atoms with Crippen molar-refractivity contribution >= 4 is 45.6 Å². The molecule has 0 spiro atoms. The second-order valence-electron chi connectivity index (χ2n) is 17.0. The third-order valence-electron chi connectivity index (χ3n) is 12.2. The summed E-state index contributed by atoms with van der Waals surface area (Å²) in [4.78, 5) is 50.0. The van der Waals surface area contributed by atoms with E-state index < -0.39 is 12.2 Å². The number of cyclic esters (lactones) is 1. The van der Waals surface area contributed by atoms with Gasteiger partial charge in [0.2, 0.25) is 0 Å². The van der Waals surface area contributed by atoms with Crippen molar-refractivity contribution < 1.29 is 38.1 Å². The number of carbonyl (C=O) groups excluding carboxylic acids is 4. The lowest BCUT2D eigenvalue weighted by atomic mass is 9.65. The molecule has 0 radical (unpaired) electrons. The number of amides is 1. The fraction of sp³-hybridized carbons (Fsp3) is 0.822. The average Bonchev–Trinajstić information content (AvgIpc) is 3.69. The molecular formula is C45H73NO8S2. The van der Waals surface area contributed by atoms with Crippen LogP contribution in [0.4, 0.5) is 4.79 Å². The number of ether oxygens (including phenoxy) is 4. The van der Waals surface area contributed by atoms with Gasteiger partial charge in [0.1, 0.15) is 18.3 Å². The lowest BCUT2D eigenvalue weighted by Crippen LogP contribution is -2.42. The Kier molecular flexibility index (Phi) is 21.7. The molecule has 8 unspecified atom stereocenters. The normalized spacial score (nSPS) is 27.8. The molecule has 1 amide bonds. The van der Waals surface area contributed by atoms with E-state index in [1.807, 2.05) is 35.4 Å². The van der Waals surface area contributed by atoms with Crippen molar-refractivity contribution in [1.82, 2.24) is 5.32 Å². The predicted octanol–water partition coefficient (Wildman–Crippen LogP) is 11.1. The summed E-state index contributed by atoms with van der Waals surface area (Å²) in [6.45, 7) is 9.46. The number of hydrogen-bond donors (Lipinski definition) is 1. The van der Waals surface area contributed by atoms with Gasteiger partial charge in [-0.3, -0.25) is 14.4 Å². The Morgan fingerprint density at radius 1 is 0.911 bits per heavy atom. The molecule has 318 valence electrons. The summed E-state index contributed by atoms with van der Waals surface area (Å²) in [7, 11) is 3.99. The van der Waals surface area contributed by atoms with Gasteiger partial charge < -0.3 is 24.3 Å². The van der Waals surface area contributed by atoms with E-state index in [9.17, 15) is 19.2 Å². The van der Waals surface area contributed by atoms with E-state index in [0.717, 1.165) is 69.5 Å². The fourth-order valence-corrected chi connectivity index (χ4v) is 11.7. The van der Waals surface area contributed by atoms with Crippen LogP contribution in [-0.4, -0.2) is 66.5 Å². The summed E-state index contributed by atoms with van der Waals surface area (Å²) in [5.74, 6) is 1.70. The van der Waals surface area contributed by atoms with E-state index in [2.05, 4.69) is 37.4 Å². The van der Waals surface area contributed by atoms with Gasteiger partial charge in [0.15, 0.2) is 0 Å². The van der Waals surface area contributed by atoms with Crippen LogP contribution in [0.2, 0.25) is 0 Å². The van der Waals surface area contributed by atoms with Crippen LogP contribution in [0.15, 0.2) is 23.8 Å². The maximum absolute atomic E-state index is 12.8. The first-order valence-corrected chi connectivity index (χ1v) is 24.7. The van der Waals surface area contributed by atoms with Crippen molar-refractivity contribution in [2.45, 2.75) is 186 Å². The van der Waals surface area contributed by atoms with Gasteiger partial charge in [-0.25, -0.2) is 4.79 Å². The molecule has 4 aliphatic rings. The quantitative estimate of drug-likeness (QED) is 0.0413. The molecule has 4 rings (SSSR count). The van der Waals surface area contributed by atoms with Crippen LogP contribution in [0.1, 0.15) is 163 Å². The van der Waals surface area contributed by atoms with Crippen molar-refractivity contribution in [3.63, 3.8) is 0 Å². The molecule has 2 saturated heterocycles. The summed E-state index contributed by atoms with van der Waals surface area (Å²) in [6, 6.07) is 0. The third-order valence-corrected chi connectivity index (χ3v) is 15.2. The van der Waals surface area contributed by atoms with Crippen molar-refractivity contribution in [3.05, 3.63) is 23.8 Å². The van der Waals surface area contributed by atoms with Crippen LogP contribution in [0, 0.1) is 29.6 Å². The highest BCUT2D eigenvalue weighted by atomic mass is 33.1. The summed E-state index contributed by atoms with van der Waals surface area (Å²) < 4.78 is 23.0. The Balaban J connectivity index is 1.01. The van der Waals surface area contributed by atoms with Crippen molar-refractivity contribution in [3.8, 4) is 0 Å². The Labute approximate surface area is 346 Å². The summed E-state index contributed by atoms with van der Waals surface area (Å²) >= 11 is 0. The van der Waals surface area contributed by atoms with Gasteiger partial charge in [-0.15, -0.1) is 0 Å². The molecule has 0 saturated carbocycles. The SMILES string of the molecule is CCC(C)C(=O)OC1C[C@H](C)C=C2C=CC(C)C(CCC3CC(OC(=O)NCCCCCCCCCCCCOC(=O)CCCCC4CCSS4)CC(=O)O3)C21. The average molecular weight is 820 g/mol. The van der Waals surface area contributed by atoms with Crippen LogP contribution in [0.5, 0.6) is 0 Å². The molecular weight excluding hydrogens is 747 g/mol. The Hall–Kier alpha value is -2.14. The lowest BCUT2D eigenvalue weighted by molar-refractivity contribution is -0.162. The van der Waals surface area contributed by atoms with Crippen molar-refractivity contribution in [1.29, 1.82) is 0 Å². The number of allylic oxidation sites excluding steroid dienone is 3.